The molecule has 13 heavy (non-hydrogen) atoms. The lowest BCUT2D eigenvalue weighted by Gasteiger charge is -2.11. The van der Waals surface area contributed by atoms with Crippen molar-refractivity contribution in [1.82, 2.24) is 15.5 Å². The van der Waals surface area contributed by atoms with Crippen LogP contribution in [-0.4, -0.2) is 44.0 Å². The fourth-order valence-electron chi connectivity index (χ4n) is 0.641. The lowest BCUT2D eigenvalue weighted by molar-refractivity contribution is -0.120. The predicted molar refractivity (Wildman–Crippen MR) is 50.4 cm³/mol. The van der Waals surface area contributed by atoms with E-state index in [0.29, 0.717) is 6.54 Å². The molecule has 76 valence electrons. The van der Waals surface area contributed by atoms with Crippen molar-refractivity contribution >= 4 is 11.9 Å². The molecule has 0 atom stereocenters. The summed E-state index contributed by atoms with van der Waals surface area (Å²) in [6.45, 7) is 2.66. The second kappa shape index (κ2) is 6.28. The van der Waals surface area contributed by atoms with Gasteiger partial charge in [-0.15, -0.1) is 0 Å². The Morgan fingerprint density at radius 2 is 1.85 bits per heavy atom. The van der Waals surface area contributed by atoms with Gasteiger partial charge in [0.15, 0.2) is 0 Å². The molecule has 0 rings (SSSR count). The summed E-state index contributed by atoms with van der Waals surface area (Å²) in [5.41, 5.74) is 0. The fraction of sp³-hybridized carbons (Fsp3) is 0.750. The normalized spacial score (nSPS) is 9.15. The van der Waals surface area contributed by atoms with Crippen LogP contribution in [0.2, 0.25) is 0 Å². The Morgan fingerprint density at radius 3 is 2.31 bits per heavy atom. The van der Waals surface area contributed by atoms with Gasteiger partial charge in [0, 0.05) is 20.6 Å². The molecule has 0 unspecified atom stereocenters. The summed E-state index contributed by atoms with van der Waals surface area (Å²) in [5.74, 6) is -0.156. The van der Waals surface area contributed by atoms with Crippen molar-refractivity contribution in [3.8, 4) is 0 Å². The largest absolute Gasteiger partial charge is 0.355 e. The molecule has 0 bridgehead atoms. The van der Waals surface area contributed by atoms with Gasteiger partial charge < -0.3 is 15.5 Å². The molecule has 0 fully saturated rings. The minimum absolute atomic E-state index is 0.0387. The second-order valence-corrected chi connectivity index (χ2v) is 2.90. The number of amides is 3. The summed E-state index contributed by atoms with van der Waals surface area (Å²) < 4.78 is 0. The van der Waals surface area contributed by atoms with Gasteiger partial charge in [0.05, 0.1) is 6.54 Å². The van der Waals surface area contributed by atoms with Crippen LogP contribution in [0.15, 0.2) is 0 Å². The van der Waals surface area contributed by atoms with Crippen molar-refractivity contribution in [2.75, 3.05) is 27.2 Å². The lowest BCUT2D eigenvalue weighted by atomic mass is 10.4. The molecule has 0 aromatic heterocycles. The summed E-state index contributed by atoms with van der Waals surface area (Å²) in [7, 11) is 3.25. The smallest absolute Gasteiger partial charge is 0.317 e. The molecule has 0 aromatic carbocycles. The van der Waals surface area contributed by atoms with Gasteiger partial charge in [-0.2, -0.15) is 0 Å². The third kappa shape index (κ3) is 5.95. The van der Waals surface area contributed by atoms with Crippen molar-refractivity contribution in [3.05, 3.63) is 0 Å². The number of carbonyl (C=O) groups is 2. The maximum Gasteiger partial charge on any atom is 0.317 e. The molecular weight excluding hydrogens is 170 g/mol. The van der Waals surface area contributed by atoms with Crippen LogP contribution >= 0.6 is 0 Å². The van der Waals surface area contributed by atoms with Gasteiger partial charge in [0.1, 0.15) is 0 Å². The maximum absolute atomic E-state index is 11.0. The molecule has 5 heteroatoms. The van der Waals surface area contributed by atoms with E-state index in [4.69, 9.17) is 0 Å². The molecule has 5 nitrogen and oxygen atoms in total. The van der Waals surface area contributed by atoms with Gasteiger partial charge in [0.25, 0.3) is 0 Å². The van der Waals surface area contributed by atoms with Gasteiger partial charge >= 0.3 is 6.03 Å². The zero-order chi connectivity index (χ0) is 10.3. The molecular formula is C8H17N3O2. The van der Waals surface area contributed by atoms with E-state index in [1.807, 2.05) is 6.92 Å². The minimum atomic E-state index is -0.258. The first kappa shape index (κ1) is 11.7. The van der Waals surface area contributed by atoms with Gasteiger partial charge in [-0.1, -0.05) is 6.92 Å². The van der Waals surface area contributed by atoms with Gasteiger partial charge in [-0.3, -0.25) is 4.79 Å². The molecule has 0 aliphatic rings. The Bertz CT molecular complexity index is 180. The van der Waals surface area contributed by atoms with E-state index in [1.54, 1.807) is 14.1 Å². The van der Waals surface area contributed by atoms with E-state index in [1.165, 1.54) is 4.90 Å². The van der Waals surface area contributed by atoms with Crippen molar-refractivity contribution in [2.45, 2.75) is 13.3 Å². The van der Waals surface area contributed by atoms with E-state index in [-0.39, 0.29) is 18.5 Å². The Hall–Kier alpha value is -1.26. The van der Waals surface area contributed by atoms with Crippen molar-refractivity contribution < 1.29 is 9.59 Å². The number of hydrogen-bond acceptors (Lipinski definition) is 2. The number of nitrogens with zero attached hydrogens (tertiary/aromatic N) is 1. The van der Waals surface area contributed by atoms with Crippen molar-refractivity contribution in [3.63, 3.8) is 0 Å². The first-order valence-electron chi connectivity index (χ1n) is 4.29. The summed E-state index contributed by atoms with van der Waals surface area (Å²) in [4.78, 5) is 23.3. The molecule has 0 radical (unpaired) electrons. The number of urea groups is 1. The molecule has 0 aromatic rings. The van der Waals surface area contributed by atoms with Crippen LogP contribution in [0.4, 0.5) is 4.79 Å². The van der Waals surface area contributed by atoms with Crippen LogP contribution in [0.1, 0.15) is 13.3 Å². The van der Waals surface area contributed by atoms with E-state index in [9.17, 15) is 9.59 Å². The molecule has 3 amide bonds. The molecule has 2 N–H and O–H groups in total. The van der Waals surface area contributed by atoms with Crippen molar-refractivity contribution in [2.24, 2.45) is 0 Å². The summed E-state index contributed by atoms with van der Waals surface area (Å²) in [6, 6.07) is -0.258. The van der Waals surface area contributed by atoms with Crippen LogP contribution in [0.25, 0.3) is 0 Å². The van der Waals surface area contributed by atoms with Crippen LogP contribution < -0.4 is 10.6 Å². The van der Waals surface area contributed by atoms with E-state index >= 15 is 0 Å². The highest BCUT2D eigenvalue weighted by atomic mass is 16.2. The van der Waals surface area contributed by atoms with Crippen LogP contribution in [0, 0.1) is 0 Å². The highest BCUT2D eigenvalue weighted by molar-refractivity contribution is 5.83. The third-order valence-electron chi connectivity index (χ3n) is 1.38. The maximum atomic E-state index is 11.0. The Labute approximate surface area is 78.5 Å². The zero-order valence-corrected chi connectivity index (χ0v) is 8.39. The molecule has 0 saturated carbocycles. The third-order valence-corrected chi connectivity index (χ3v) is 1.38. The SMILES string of the molecule is CCCNC(=O)CNC(=O)N(C)C. The highest BCUT2D eigenvalue weighted by Crippen LogP contribution is 1.76. The fourth-order valence-corrected chi connectivity index (χ4v) is 0.641. The average molecular weight is 187 g/mol. The molecule has 0 saturated heterocycles. The van der Waals surface area contributed by atoms with Crippen LogP contribution in [0.5, 0.6) is 0 Å². The first-order valence-corrected chi connectivity index (χ1v) is 4.29. The molecule has 0 spiro atoms. The Kier molecular flexibility index (Phi) is 5.67. The predicted octanol–water partition coefficient (Wildman–Crippen LogP) is -0.216. The van der Waals surface area contributed by atoms with E-state index < -0.39 is 0 Å². The van der Waals surface area contributed by atoms with Gasteiger partial charge in [-0.25, -0.2) is 4.79 Å². The van der Waals surface area contributed by atoms with Crippen LogP contribution in [0.3, 0.4) is 0 Å². The average Bonchev–Trinajstić information content (AvgIpc) is 2.10. The standard InChI is InChI=1S/C8H17N3O2/c1-4-5-9-7(12)6-10-8(13)11(2)3/h4-6H2,1-3H3,(H,9,12)(H,10,13). The number of rotatable bonds is 4. The summed E-state index contributed by atoms with van der Waals surface area (Å²) >= 11 is 0. The number of nitrogens with one attached hydrogen (secondary N) is 2. The first-order chi connectivity index (χ1) is 6.07. The quantitative estimate of drug-likeness (QED) is 0.639. The number of carbonyl (C=O) groups excluding carboxylic acids is 2. The van der Waals surface area contributed by atoms with Gasteiger partial charge in [0.2, 0.25) is 5.91 Å². The lowest BCUT2D eigenvalue weighted by Crippen LogP contribution is -2.41. The Morgan fingerprint density at radius 1 is 1.23 bits per heavy atom. The zero-order valence-electron chi connectivity index (χ0n) is 8.39. The van der Waals surface area contributed by atoms with E-state index in [0.717, 1.165) is 6.42 Å². The monoisotopic (exact) mass is 187 g/mol. The van der Waals surface area contributed by atoms with Crippen molar-refractivity contribution in [1.29, 1.82) is 0 Å². The van der Waals surface area contributed by atoms with Gasteiger partial charge in [-0.05, 0) is 6.42 Å². The molecule has 0 aliphatic carbocycles. The second-order valence-electron chi connectivity index (χ2n) is 2.90. The van der Waals surface area contributed by atoms with E-state index in [2.05, 4.69) is 10.6 Å². The number of hydrogen-bond donors (Lipinski definition) is 2. The summed E-state index contributed by atoms with van der Waals surface area (Å²) in [6.07, 6.45) is 0.896. The molecule has 0 aliphatic heterocycles. The molecule has 0 heterocycles. The van der Waals surface area contributed by atoms with Crippen LogP contribution in [-0.2, 0) is 4.79 Å². The Balaban J connectivity index is 3.52. The minimum Gasteiger partial charge on any atom is -0.355 e. The topological polar surface area (TPSA) is 61.4 Å². The summed E-state index contributed by atoms with van der Waals surface area (Å²) in [5, 5.41) is 5.12. The highest BCUT2D eigenvalue weighted by Gasteiger charge is 2.04.